The SMILES string of the molecule is O=C(N1CCN(Cc2nccs2)CC1)n1cc(-c2ccccc2)cn1. The van der Waals surface area contributed by atoms with Gasteiger partial charge < -0.3 is 4.90 Å². The Bertz CT molecular complexity index is 822. The predicted molar refractivity (Wildman–Crippen MR) is 97.4 cm³/mol. The van der Waals surface area contributed by atoms with E-state index in [2.05, 4.69) is 15.0 Å². The van der Waals surface area contributed by atoms with E-state index in [1.807, 2.05) is 46.8 Å². The summed E-state index contributed by atoms with van der Waals surface area (Å²) in [5.41, 5.74) is 2.02. The molecule has 1 fully saturated rings. The first-order valence-electron chi connectivity index (χ1n) is 8.30. The molecule has 0 unspecified atom stereocenters. The Morgan fingerprint density at radius 2 is 1.88 bits per heavy atom. The highest BCUT2D eigenvalue weighted by Crippen LogP contribution is 2.18. The van der Waals surface area contributed by atoms with Crippen LogP contribution in [-0.2, 0) is 6.54 Å². The number of rotatable bonds is 3. The highest BCUT2D eigenvalue weighted by atomic mass is 32.1. The van der Waals surface area contributed by atoms with Gasteiger partial charge >= 0.3 is 6.03 Å². The zero-order valence-corrected chi connectivity index (χ0v) is 14.6. The van der Waals surface area contributed by atoms with Crippen LogP contribution >= 0.6 is 11.3 Å². The Hall–Kier alpha value is -2.51. The molecule has 2 aromatic heterocycles. The van der Waals surface area contributed by atoms with Gasteiger partial charge in [0.2, 0.25) is 0 Å². The topological polar surface area (TPSA) is 54.3 Å². The van der Waals surface area contributed by atoms with Crippen LogP contribution in [-0.4, -0.2) is 56.8 Å². The quantitative estimate of drug-likeness (QED) is 0.727. The third-order valence-corrected chi connectivity index (χ3v) is 5.14. The Morgan fingerprint density at radius 1 is 1.08 bits per heavy atom. The van der Waals surface area contributed by atoms with Gasteiger partial charge in [0.15, 0.2) is 0 Å². The van der Waals surface area contributed by atoms with E-state index in [-0.39, 0.29) is 6.03 Å². The maximum atomic E-state index is 12.7. The molecule has 25 heavy (non-hydrogen) atoms. The molecule has 0 spiro atoms. The van der Waals surface area contributed by atoms with Crippen LogP contribution in [0.2, 0.25) is 0 Å². The lowest BCUT2D eigenvalue weighted by Gasteiger charge is -2.33. The Labute approximate surface area is 150 Å². The Morgan fingerprint density at radius 3 is 2.60 bits per heavy atom. The molecule has 1 aromatic carbocycles. The molecule has 3 aromatic rings. The molecule has 0 radical (unpaired) electrons. The van der Waals surface area contributed by atoms with Crippen LogP contribution in [0, 0.1) is 0 Å². The second kappa shape index (κ2) is 7.16. The van der Waals surface area contributed by atoms with Gasteiger partial charge in [-0.05, 0) is 5.56 Å². The standard InChI is InChI=1S/C18H19N5OS/c24-18(23-13-16(12-20-23)15-4-2-1-3-5-15)22-9-7-21(8-10-22)14-17-19-6-11-25-17/h1-6,11-13H,7-10,14H2. The van der Waals surface area contributed by atoms with E-state index in [0.717, 1.165) is 35.8 Å². The van der Waals surface area contributed by atoms with Crippen molar-refractivity contribution in [2.45, 2.75) is 6.54 Å². The summed E-state index contributed by atoms with van der Waals surface area (Å²) in [5.74, 6) is 0. The third kappa shape index (κ3) is 3.62. The highest BCUT2D eigenvalue weighted by molar-refractivity contribution is 7.09. The largest absolute Gasteiger partial charge is 0.344 e. The Balaban J connectivity index is 1.37. The maximum Gasteiger partial charge on any atom is 0.344 e. The lowest BCUT2D eigenvalue weighted by atomic mass is 10.1. The molecule has 1 amide bonds. The molecule has 0 aliphatic carbocycles. The molecular formula is C18H19N5OS. The van der Waals surface area contributed by atoms with Crippen molar-refractivity contribution >= 4 is 17.4 Å². The van der Waals surface area contributed by atoms with Gasteiger partial charge in [0, 0.05) is 49.5 Å². The summed E-state index contributed by atoms with van der Waals surface area (Å²) in [5, 5.41) is 7.37. The molecule has 4 rings (SSSR count). The van der Waals surface area contributed by atoms with Crippen LogP contribution < -0.4 is 0 Å². The first-order valence-corrected chi connectivity index (χ1v) is 9.18. The first-order chi connectivity index (χ1) is 12.3. The summed E-state index contributed by atoms with van der Waals surface area (Å²) in [6.07, 6.45) is 5.38. The van der Waals surface area contributed by atoms with E-state index in [1.54, 1.807) is 23.7 Å². The fourth-order valence-corrected chi connectivity index (χ4v) is 3.63. The van der Waals surface area contributed by atoms with Crippen molar-refractivity contribution in [3.05, 3.63) is 59.3 Å². The summed E-state index contributed by atoms with van der Waals surface area (Å²) in [4.78, 5) is 21.2. The molecule has 6 nitrogen and oxygen atoms in total. The summed E-state index contributed by atoms with van der Waals surface area (Å²) in [7, 11) is 0. The average molecular weight is 353 g/mol. The van der Waals surface area contributed by atoms with Crippen molar-refractivity contribution in [2.24, 2.45) is 0 Å². The molecule has 0 saturated carbocycles. The van der Waals surface area contributed by atoms with Gasteiger partial charge in [-0.15, -0.1) is 11.3 Å². The predicted octanol–water partition coefficient (Wildman–Crippen LogP) is 2.79. The minimum atomic E-state index is -0.0592. The van der Waals surface area contributed by atoms with E-state index in [4.69, 9.17) is 0 Å². The van der Waals surface area contributed by atoms with Crippen molar-refractivity contribution in [3.8, 4) is 11.1 Å². The monoisotopic (exact) mass is 353 g/mol. The van der Waals surface area contributed by atoms with Gasteiger partial charge in [-0.3, -0.25) is 4.90 Å². The van der Waals surface area contributed by atoms with Gasteiger partial charge in [-0.2, -0.15) is 9.78 Å². The molecule has 1 aliphatic rings. The lowest BCUT2D eigenvalue weighted by Crippen LogP contribution is -2.49. The average Bonchev–Trinajstić information content (AvgIpc) is 3.34. The second-order valence-corrected chi connectivity index (χ2v) is 6.99. The smallest absolute Gasteiger partial charge is 0.320 e. The molecule has 0 atom stereocenters. The minimum Gasteiger partial charge on any atom is -0.320 e. The number of thiazole rings is 1. The number of aromatic nitrogens is 3. The van der Waals surface area contributed by atoms with E-state index in [9.17, 15) is 4.79 Å². The number of hydrogen-bond donors (Lipinski definition) is 0. The Kier molecular flexibility index (Phi) is 4.58. The number of carbonyl (C=O) groups is 1. The highest BCUT2D eigenvalue weighted by Gasteiger charge is 2.23. The van der Waals surface area contributed by atoms with E-state index in [1.165, 1.54) is 4.68 Å². The van der Waals surface area contributed by atoms with Crippen LogP contribution in [0.15, 0.2) is 54.3 Å². The van der Waals surface area contributed by atoms with Crippen LogP contribution in [0.25, 0.3) is 11.1 Å². The van der Waals surface area contributed by atoms with Gasteiger partial charge in [-0.1, -0.05) is 30.3 Å². The summed E-state index contributed by atoms with van der Waals surface area (Å²) >= 11 is 1.67. The molecule has 0 N–H and O–H groups in total. The molecule has 0 bridgehead atoms. The summed E-state index contributed by atoms with van der Waals surface area (Å²) in [6.45, 7) is 4.01. The fraction of sp³-hybridized carbons (Fsp3) is 0.278. The van der Waals surface area contributed by atoms with Crippen LogP contribution in [0.5, 0.6) is 0 Å². The lowest BCUT2D eigenvalue weighted by molar-refractivity contribution is 0.134. The minimum absolute atomic E-state index is 0.0592. The number of carbonyl (C=O) groups excluding carboxylic acids is 1. The molecule has 1 aliphatic heterocycles. The molecule has 1 saturated heterocycles. The van der Waals surface area contributed by atoms with Gasteiger partial charge in [0.25, 0.3) is 0 Å². The molecule has 3 heterocycles. The fourth-order valence-electron chi connectivity index (χ4n) is 2.97. The number of amides is 1. The van der Waals surface area contributed by atoms with Gasteiger partial charge in [0.1, 0.15) is 5.01 Å². The second-order valence-electron chi connectivity index (χ2n) is 6.01. The third-order valence-electron chi connectivity index (χ3n) is 4.37. The van der Waals surface area contributed by atoms with Crippen molar-refractivity contribution in [1.29, 1.82) is 0 Å². The van der Waals surface area contributed by atoms with Crippen molar-refractivity contribution in [3.63, 3.8) is 0 Å². The number of nitrogens with zero attached hydrogens (tertiary/aromatic N) is 5. The molecule has 128 valence electrons. The first kappa shape index (κ1) is 16.0. The number of benzene rings is 1. The van der Waals surface area contributed by atoms with Crippen molar-refractivity contribution in [2.75, 3.05) is 26.2 Å². The van der Waals surface area contributed by atoms with Gasteiger partial charge in [0.05, 0.1) is 12.7 Å². The normalized spacial score (nSPS) is 15.4. The zero-order chi connectivity index (χ0) is 17.1. The van der Waals surface area contributed by atoms with E-state index < -0.39 is 0 Å². The van der Waals surface area contributed by atoms with Crippen LogP contribution in [0.3, 0.4) is 0 Å². The summed E-state index contributed by atoms with van der Waals surface area (Å²) in [6, 6.07) is 9.92. The van der Waals surface area contributed by atoms with Crippen LogP contribution in [0.1, 0.15) is 5.01 Å². The molecule has 7 heteroatoms. The molecular weight excluding hydrogens is 334 g/mol. The summed E-state index contributed by atoms with van der Waals surface area (Å²) < 4.78 is 1.44. The van der Waals surface area contributed by atoms with E-state index >= 15 is 0 Å². The number of hydrogen-bond acceptors (Lipinski definition) is 5. The van der Waals surface area contributed by atoms with Crippen molar-refractivity contribution < 1.29 is 4.79 Å². The van der Waals surface area contributed by atoms with Crippen LogP contribution in [0.4, 0.5) is 4.79 Å². The zero-order valence-electron chi connectivity index (χ0n) is 13.8. The van der Waals surface area contributed by atoms with Crippen molar-refractivity contribution in [1.82, 2.24) is 24.6 Å². The maximum absolute atomic E-state index is 12.7. The van der Waals surface area contributed by atoms with E-state index in [0.29, 0.717) is 13.1 Å². The van der Waals surface area contributed by atoms with Gasteiger partial charge in [-0.25, -0.2) is 9.78 Å². The number of piperazine rings is 1.